The number of alkyl halides is 1. The smallest absolute Gasteiger partial charge is 0.278 e. The van der Waals surface area contributed by atoms with E-state index in [1.165, 1.54) is 16.9 Å². The molecule has 1 aromatic carbocycles. The number of rotatable bonds is 4. The molecule has 0 radical (unpaired) electrons. The van der Waals surface area contributed by atoms with Crippen LogP contribution in [0.5, 0.6) is 10.9 Å². The number of piperidine rings is 1. The highest BCUT2D eigenvalue weighted by Crippen LogP contribution is 2.24. The van der Waals surface area contributed by atoms with E-state index in [2.05, 4.69) is 22.0 Å². The highest BCUT2D eigenvalue weighted by molar-refractivity contribution is 7.11. The SMILES string of the molecule is FC1CCN(Cc2ccc(Oc3nccs3)cc2)CC1. The van der Waals surface area contributed by atoms with Gasteiger partial charge in [0, 0.05) is 31.2 Å². The van der Waals surface area contributed by atoms with Crippen molar-refractivity contribution in [1.29, 1.82) is 0 Å². The summed E-state index contributed by atoms with van der Waals surface area (Å²) in [5, 5.41) is 2.54. The average molecular weight is 292 g/mol. The summed E-state index contributed by atoms with van der Waals surface area (Å²) in [5.41, 5.74) is 1.23. The number of benzene rings is 1. The topological polar surface area (TPSA) is 25.4 Å². The minimum Gasteiger partial charge on any atom is -0.431 e. The normalized spacial score (nSPS) is 17.2. The Balaban J connectivity index is 1.56. The average Bonchev–Trinajstić information content (AvgIpc) is 2.96. The van der Waals surface area contributed by atoms with Gasteiger partial charge in [0.2, 0.25) is 0 Å². The van der Waals surface area contributed by atoms with E-state index >= 15 is 0 Å². The maximum absolute atomic E-state index is 13.1. The van der Waals surface area contributed by atoms with Crippen LogP contribution in [0.2, 0.25) is 0 Å². The number of aromatic nitrogens is 1. The fourth-order valence-electron chi connectivity index (χ4n) is 2.34. The molecule has 0 atom stereocenters. The second kappa shape index (κ2) is 6.33. The van der Waals surface area contributed by atoms with Crippen LogP contribution >= 0.6 is 11.3 Å². The van der Waals surface area contributed by atoms with E-state index in [4.69, 9.17) is 4.74 Å². The lowest BCUT2D eigenvalue weighted by Crippen LogP contribution is -2.33. The monoisotopic (exact) mass is 292 g/mol. The predicted octanol–water partition coefficient (Wildman–Crippen LogP) is 3.87. The molecule has 2 aromatic rings. The number of thiazole rings is 1. The summed E-state index contributed by atoms with van der Waals surface area (Å²) in [6.45, 7) is 2.57. The Morgan fingerprint density at radius 2 is 2.00 bits per heavy atom. The highest BCUT2D eigenvalue weighted by atomic mass is 32.1. The maximum Gasteiger partial charge on any atom is 0.278 e. The Morgan fingerprint density at radius 3 is 2.65 bits per heavy atom. The lowest BCUT2D eigenvalue weighted by Gasteiger charge is -2.28. The lowest BCUT2D eigenvalue weighted by atomic mass is 10.1. The van der Waals surface area contributed by atoms with Crippen molar-refractivity contribution < 1.29 is 9.13 Å². The van der Waals surface area contributed by atoms with Gasteiger partial charge in [0.1, 0.15) is 11.9 Å². The molecule has 0 amide bonds. The van der Waals surface area contributed by atoms with E-state index in [9.17, 15) is 4.39 Å². The van der Waals surface area contributed by atoms with Gasteiger partial charge in [-0.2, -0.15) is 0 Å². The van der Waals surface area contributed by atoms with E-state index in [0.717, 1.165) is 25.4 Å². The molecule has 3 rings (SSSR count). The first-order valence-electron chi connectivity index (χ1n) is 6.82. The van der Waals surface area contributed by atoms with Gasteiger partial charge >= 0.3 is 0 Å². The summed E-state index contributed by atoms with van der Waals surface area (Å²) in [6, 6.07) is 8.03. The number of likely N-dealkylation sites (tertiary alicyclic amines) is 1. The largest absolute Gasteiger partial charge is 0.431 e. The van der Waals surface area contributed by atoms with E-state index in [1.807, 2.05) is 17.5 Å². The lowest BCUT2D eigenvalue weighted by molar-refractivity contribution is 0.145. The summed E-state index contributed by atoms with van der Waals surface area (Å²) in [6.07, 6.45) is 2.43. The molecule has 1 aliphatic rings. The fourth-order valence-corrected chi connectivity index (χ4v) is 2.85. The van der Waals surface area contributed by atoms with Crippen LogP contribution in [0.15, 0.2) is 35.8 Å². The first kappa shape index (κ1) is 13.5. The van der Waals surface area contributed by atoms with Gasteiger partial charge in [-0.15, -0.1) is 0 Å². The van der Waals surface area contributed by atoms with Crippen molar-refractivity contribution in [3.05, 3.63) is 41.4 Å². The Bertz CT molecular complexity index is 521. The van der Waals surface area contributed by atoms with Crippen molar-refractivity contribution in [1.82, 2.24) is 9.88 Å². The standard InChI is InChI=1S/C15H17FN2OS/c16-13-5-8-18(9-6-13)11-12-1-3-14(4-2-12)19-15-17-7-10-20-15/h1-4,7,10,13H,5-6,8-9,11H2. The minimum atomic E-state index is -0.611. The van der Waals surface area contributed by atoms with Gasteiger partial charge in [-0.1, -0.05) is 23.5 Å². The molecule has 0 aliphatic carbocycles. The Morgan fingerprint density at radius 1 is 1.25 bits per heavy atom. The van der Waals surface area contributed by atoms with Crippen molar-refractivity contribution in [2.45, 2.75) is 25.6 Å². The van der Waals surface area contributed by atoms with E-state index in [1.54, 1.807) is 6.20 Å². The van der Waals surface area contributed by atoms with Crippen LogP contribution in [-0.2, 0) is 6.54 Å². The zero-order valence-corrected chi connectivity index (χ0v) is 12.0. The zero-order valence-electron chi connectivity index (χ0n) is 11.2. The van der Waals surface area contributed by atoms with Crippen molar-refractivity contribution in [2.24, 2.45) is 0 Å². The minimum absolute atomic E-state index is 0.611. The molecule has 0 saturated carbocycles. The first-order chi connectivity index (χ1) is 9.79. The Hall–Kier alpha value is -1.46. The Kier molecular flexibility index (Phi) is 4.28. The summed E-state index contributed by atoms with van der Waals surface area (Å²) < 4.78 is 18.7. The fraction of sp³-hybridized carbons (Fsp3) is 0.400. The van der Waals surface area contributed by atoms with Gasteiger partial charge in [0.15, 0.2) is 0 Å². The summed E-state index contributed by atoms with van der Waals surface area (Å²) in [5.74, 6) is 0.797. The summed E-state index contributed by atoms with van der Waals surface area (Å²) in [4.78, 5) is 6.39. The molecule has 1 saturated heterocycles. The maximum atomic E-state index is 13.1. The molecule has 1 aromatic heterocycles. The summed E-state index contributed by atoms with van der Waals surface area (Å²) >= 11 is 1.47. The third kappa shape index (κ3) is 3.55. The molecule has 20 heavy (non-hydrogen) atoms. The van der Waals surface area contributed by atoms with Crippen molar-refractivity contribution >= 4 is 11.3 Å². The highest BCUT2D eigenvalue weighted by Gasteiger charge is 2.18. The molecule has 106 valence electrons. The van der Waals surface area contributed by atoms with E-state index < -0.39 is 6.17 Å². The predicted molar refractivity (Wildman–Crippen MR) is 78.0 cm³/mol. The molecule has 1 aliphatic heterocycles. The van der Waals surface area contributed by atoms with Gasteiger partial charge < -0.3 is 4.74 Å². The second-order valence-corrected chi connectivity index (χ2v) is 5.85. The molecule has 3 nitrogen and oxygen atoms in total. The molecular formula is C15H17FN2OS. The molecule has 5 heteroatoms. The van der Waals surface area contributed by atoms with Crippen LogP contribution in [0.4, 0.5) is 4.39 Å². The van der Waals surface area contributed by atoms with Crippen molar-refractivity contribution in [3.63, 3.8) is 0 Å². The van der Waals surface area contributed by atoms with Crippen LogP contribution in [-0.4, -0.2) is 29.1 Å². The van der Waals surface area contributed by atoms with Gasteiger partial charge in [-0.3, -0.25) is 4.90 Å². The molecule has 0 N–H and O–H groups in total. The van der Waals surface area contributed by atoms with Crippen molar-refractivity contribution in [2.75, 3.05) is 13.1 Å². The molecule has 0 spiro atoms. The quantitative estimate of drug-likeness (QED) is 0.855. The van der Waals surface area contributed by atoms with Gasteiger partial charge in [-0.05, 0) is 30.5 Å². The molecule has 2 heterocycles. The van der Waals surface area contributed by atoms with E-state index in [-0.39, 0.29) is 0 Å². The third-order valence-electron chi connectivity index (χ3n) is 3.46. The Labute approximate surface area is 122 Å². The molecule has 0 unspecified atom stereocenters. The molecular weight excluding hydrogens is 275 g/mol. The van der Waals surface area contributed by atoms with Crippen LogP contribution in [0.3, 0.4) is 0 Å². The number of hydrogen-bond donors (Lipinski definition) is 0. The number of hydrogen-bond acceptors (Lipinski definition) is 4. The molecule has 0 bridgehead atoms. The van der Waals surface area contributed by atoms with E-state index in [0.29, 0.717) is 18.0 Å². The van der Waals surface area contributed by atoms with Gasteiger partial charge in [0.05, 0.1) is 0 Å². The van der Waals surface area contributed by atoms with Crippen LogP contribution in [0.1, 0.15) is 18.4 Å². The summed E-state index contributed by atoms with van der Waals surface area (Å²) in [7, 11) is 0. The molecule has 1 fully saturated rings. The van der Waals surface area contributed by atoms with Gasteiger partial charge in [0.25, 0.3) is 5.19 Å². The van der Waals surface area contributed by atoms with Crippen LogP contribution in [0.25, 0.3) is 0 Å². The number of nitrogens with zero attached hydrogens (tertiary/aromatic N) is 2. The second-order valence-electron chi connectivity index (χ2n) is 4.99. The first-order valence-corrected chi connectivity index (χ1v) is 7.70. The van der Waals surface area contributed by atoms with Crippen molar-refractivity contribution in [3.8, 4) is 10.9 Å². The number of halogens is 1. The zero-order chi connectivity index (χ0) is 13.8. The number of ether oxygens (including phenoxy) is 1. The van der Waals surface area contributed by atoms with Crippen LogP contribution < -0.4 is 4.74 Å². The van der Waals surface area contributed by atoms with Gasteiger partial charge in [-0.25, -0.2) is 9.37 Å². The third-order valence-corrected chi connectivity index (χ3v) is 4.11. The van der Waals surface area contributed by atoms with Crippen LogP contribution in [0, 0.1) is 0 Å².